The summed E-state index contributed by atoms with van der Waals surface area (Å²) in [6.07, 6.45) is 0.401. The van der Waals surface area contributed by atoms with E-state index >= 15 is 0 Å². The Labute approximate surface area is 255 Å². The second kappa shape index (κ2) is 16.7. The summed E-state index contributed by atoms with van der Waals surface area (Å²) in [5.41, 5.74) is 8.93. The molecule has 0 aliphatic heterocycles. The molecule has 0 radical (unpaired) electrons. The number of nitrogens with one attached hydrogen (secondary N) is 3. The number of hydrogen-bond acceptors (Lipinski definition) is 7. The van der Waals surface area contributed by atoms with E-state index in [0.29, 0.717) is 26.1 Å². The third-order valence-corrected chi connectivity index (χ3v) is 9.42. The molecule has 0 fully saturated rings. The average molecular weight is 638 g/mol. The molecule has 5 N–H and O–H groups in total. The Morgan fingerprint density at radius 2 is 1.14 bits per heavy atom. The molecule has 0 aromatic heterocycles. The van der Waals surface area contributed by atoms with Crippen molar-refractivity contribution in [1.29, 1.82) is 0 Å². The first-order valence-corrected chi connectivity index (χ1v) is 16.4. The number of carbonyl (C=O) groups excluding carboxylic acids is 1. The molecule has 0 spiro atoms. The molecule has 0 saturated heterocycles. The molecule has 230 valence electrons. The minimum Gasteiger partial charge on any atom is -0.353 e. The van der Waals surface area contributed by atoms with E-state index in [2.05, 4.69) is 14.8 Å². The molecule has 0 unspecified atom stereocenters. The number of nitrogens with zero attached hydrogens (tertiary/aromatic N) is 1. The fourth-order valence-corrected chi connectivity index (χ4v) is 6.08. The van der Waals surface area contributed by atoms with E-state index < -0.39 is 26.1 Å². The highest BCUT2D eigenvalue weighted by molar-refractivity contribution is 7.89. The van der Waals surface area contributed by atoms with Crippen LogP contribution >= 0.6 is 12.4 Å². The largest absolute Gasteiger partial charge is 0.353 e. The molecule has 0 bridgehead atoms. The molecule has 42 heavy (non-hydrogen) atoms. The van der Waals surface area contributed by atoms with Gasteiger partial charge in [-0.15, -0.1) is 12.4 Å². The molecule has 0 heterocycles. The second-order valence-corrected chi connectivity index (χ2v) is 13.4. The molecular formula is C29H40ClN5O5S2. The Hall–Kier alpha value is -2.84. The van der Waals surface area contributed by atoms with Crippen LogP contribution in [0.25, 0.3) is 0 Å². The summed E-state index contributed by atoms with van der Waals surface area (Å²) in [5.74, 6) is -0.297. The highest BCUT2D eigenvalue weighted by Gasteiger charge is 2.18. The van der Waals surface area contributed by atoms with Gasteiger partial charge in [0.1, 0.15) is 0 Å². The Kier molecular flexibility index (Phi) is 14.1. The lowest BCUT2D eigenvalue weighted by Gasteiger charge is -2.23. The van der Waals surface area contributed by atoms with Gasteiger partial charge in [0, 0.05) is 39.3 Å². The van der Waals surface area contributed by atoms with E-state index in [1.807, 2.05) is 49.1 Å². The van der Waals surface area contributed by atoms with Crippen molar-refractivity contribution < 1.29 is 21.6 Å². The average Bonchev–Trinajstić information content (AvgIpc) is 2.93. The molecule has 3 aromatic carbocycles. The van der Waals surface area contributed by atoms with Crippen LogP contribution in [0, 0.1) is 13.8 Å². The predicted octanol–water partition coefficient (Wildman–Crippen LogP) is 1.97. The molecular weight excluding hydrogens is 598 g/mol. The molecule has 1 atom stereocenters. The Morgan fingerprint density at radius 3 is 1.60 bits per heavy atom. The van der Waals surface area contributed by atoms with E-state index in [1.54, 1.807) is 48.5 Å². The van der Waals surface area contributed by atoms with E-state index in [0.717, 1.165) is 16.7 Å². The first-order chi connectivity index (χ1) is 19.5. The number of rotatable bonds is 16. The topological polar surface area (TPSA) is 151 Å². The van der Waals surface area contributed by atoms with Crippen LogP contribution < -0.4 is 20.5 Å². The van der Waals surface area contributed by atoms with Crippen molar-refractivity contribution in [3.63, 3.8) is 0 Å². The predicted molar refractivity (Wildman–Crippen MR) is 168 cm³/mol. The number of amides is 1. The summed E-state index contributed by atoms with van der Waals surface area (Å²) in [6.45, 7) is 5.17. The fraction of sp³-hybridized carbons (Fsp3) is 0.345. The zero-order chi connectivity index (χ0) is 29.9. The van der Waals surface area contributed by atoms with Crippen molar-refractivity contribution in [3.8, 4) is 0 Å². The van der Waals surface area contributed by atoms with Crippen LogP contribution in [0.3, 0.4) is 0 Å². The maximum absolute atomic E-state index is 12.7. The molecule has 3 rings (SSSR count). The SMILES string of the molecule is Cc1ccc(S(=O)(=O)NCCN(CCNC(=O)[C@H](N)Cc2ccccc2)CCNS(=O)(=O)c2ccc(C)cc2)cc1.Cl. The van der Waals surface area contributed by atoms with Gasteiger partial charge in [-0.3, -0.25) is 9.69 Å². The monoisotopic (exact) mass is 637 g/mol. The number of benzene rings is 3. The minimum absolute atomic E-state index is 0. The fourth-order valence-electron chi connectivity index (χ4n) is 4.04. The van der Waals surface area contributed by atoms with Gasteiger partial charge in [-0.25, -0.2) is 26.3 Å². The summed E-state index contributed by atoms with van der Waals surface area (Å²) < 4.78 is 55.9. The van der Waals surface area contributed by atoms with Crippen molar-refractivity contribution >= 4 is 38.4 Å². The summed E-state index contributed by atoms with van der Waals surface area (Å²) in [4.78, 5) is 14.8. The van der Waals surface area contributed by atoms with E-state index in [1.165, 1.54) is 0 Å². The Morgan fingerprint density at radius 1 is 0.714 bits per heavy atom. The van der Waals surface area contributed by atoms with E-state index in [4.69, 9.17) is 5.73 Å². The van der Waals surface area contributed by atoms with Crippen LogP contribution in [-0.2, 0) is 31.3 Å². The van der Waals surface area contributed by atoms with Crippen LogP contribution in [0.2, 0.25) is 0 Å². The molecule has 10 nitrogen and oxygen atoms in total. The number of halogens is 1. The lowest BCUT2D eigenvalue weighted by molar-refractivity contribution is -0.122. The highest BCUT2D eigenvalue weighted by Crippen LogP contribution is 2.11. The number of sulfonamides is 2. The summed E-state index contributed by atoms with van der Waals surface area (Å²) in [6, 6.07) is 21.9. The van der Waals surface area contributed by atoms with Gasteiger partial charge in [0.15, 0.2) is 0 Å². The van der Waals surface area contributed by atoms with Crippen LogP contribution in [0.15, 0.2) is 88.7 Å². The molecule has 0 aliphatic rings. The van der Waals surface area contributed by atoms with Gasteiger partial charge in [-0.2, -0.15) is 0 Å². The first-order valence-electron chi connectivity index (χ1n) is 13.4. The maximum atomic E-state index is 12.7. The molecule has 0 aliphatic carbocycles. The van der Waals surface area contributed by atoms with E-state index in [9.17, 15) is 21.6 Å². The maximum Gasteiger partial charge on any atom is 0.240 e. The normalized spacial score (nSPS) is 12.5. The van der Waals surface area contributed by atoms with Gasteiger partial charge < -0.3 is 11.1 Å². The van der Waals surface area contributed by atoms with Crippen molar-refractivity contribution in [1.82, 2.24) is 19.7 Å². The summed E-state index contributed by atoms with van der Waals surface area (Å²) in [5, 5.41) is 2.83. The standard InChI is InChI=1S/C29H39N5O5S2.ClH/c1-23-8-12-26(13-9-23)40(36,37)32-17-20-34(21-18-33-41(38,39)27-14-10-24(2)11-15-27)19-16-31-29(35)28(30)22-25-6-4-3-5-7-25;/h3-15,28,32-33H,16-22,30H2,1-2H3,(H,31,35);1H/t28-;/m1./s1. The van der Waals surface area contributed by atoms with Gasteiger partial charge in [-0.05, 0) is 50.1 Å². The second-order valence-electron chi connectivity index (χ2n) is 9.85. The van der Waals surface area contributed by atoms with Gasteiger partial charge in [0.25, 0.3) is 0 Å². The summed E-state index contributed by atoms with van der Waals surface area (Å²) >= 11 is 0. The number of carbonyl (C=O) groups is 1. The number of aryl methyl sites for hydroxylation is 2. The van der Waals surface area contributed by atoms with E-state index in [-0.39, 0.29) is 47.7 Å². The van der Waals surface area contributed by atoms with Gasteiger partial charge in [-0.1, -0.05) is 65.7 Å². The third kappa shape index (κ3) is 11.4. The first kappa shape index (κ1) is 35.4. The number of nitrogens with two attached hydrogens (primary N) is 1. The van der Waals surface area contributed by atoms with Crippen molar-refractivity contribution in [2.75, 3.05) is 39.3 Å². The van der Waals surface area contributed by atoms with Gasteiger partial charge in [0.05, 0.1) is 15.8 Å². The Bertz CT molecular complexity index is 1390. The summed E-state index contributed by atoms with van der Waals surface area (Å²) in [7, 11) is -7.41. The minimum atomic E-state index is -3.71. The number of hydrogen-bond donors (Lipinski definition) is 4. The van der Waals surface area contributed by atoms with Crippen LogP contribution in [0.4, 0.5) is 0 Å². The highest BCUT2D eigenvalue weighted by atomic mass is 35.5. The molecule has 13 heteroatoms. The van der Waals surface area contributed by atoms with Gasteiger partial charge in [0.2, 0.25) is 26.0 Å². The smallest absolute Gasteiger partial charge is 0.240 e. The zero-order valence-corrected chi connectivity index (χ0v) is 26.3. The van der Waals surface area contributed by atoms with Gasteiger partial charge >= 0.3 is 0 Å². The lowest BCUT2D eigenvalue weighted by atomic mass is 10.1. The third-order valence-electron chi connectivity index (χ3n) is 6.47. The quantitative estimate of drug-likeness (QED) is 0.188. The molecule has 3 aromatic rings. The Balaban J connectivity index is 0.00000616. The van der Waals surface area contributed by atoms with Crippen LogP contribution in [-0.4, -0.2) is 73.0 Å². The van der Waals surface area contributed by atoms with Crippen LogP contribution in [0.1, 0.15) is 16.7 Å². The van der Waals surface area contributed by atoms with Crippen molar-refractivity contribution in [2.45, 2.75) is 36.1 Å². The zero-order valence-electron chi connectivity index (χ0n) is 23.8. The van der Waals surface area contributed by atoms with Crippen molar-refractivity contribution in [2.24, 2.45) is 5.73 Å². The molecule has 0 saturated carbocycles. The lowest BCUT2D eigenvalue weighted by Crippen LogP contribution is -2.46. The molecule has 1 amide bonds. The van der Waals surface area contributed by atoms with Crippen molar-refractivity contribution in [3.05, 3.63) is 95.6 Å². The van der Waals surface area contributed by atoms with Crippen LogP contribution in [0.5, 0.6) is 0 Å².